The average Bonchev–Trinajstić information content (AvgIpc) is 2.69. The molecule has 1 heterocycles. The van der Waals surface area contributed by atoms with Crippen LogP contribution in [0.3, 0.4) is 0 Å². The third kappa shape index (κ3) is 4.45. The highest BCUT2D eigenvalue weighted by molar-refractivity contribution is 7.89. The number of nitrogens with zero attached hydrogens (tertiary/aromatic N) is 3. The summed E-state index contributed by atoms with van der Waals surface area (Å²) < 4.78 is 26.6. The lowest BCUT2D eigenvalue weighted by Gasteiger charge is -2.29. The summed E-state index contributed by atoms with van der Waals surface area (Å²) >= 11 is 0. The summed E-state index contributed by atoms with van der Waals surface area (Å²) in [5, 5.41) is 10.7. The van der Waals surface area contributed by atoms with Gasteiger partial charge in [0.2, 0.25) is 10.0 Å². The Morgan fingerprint density at radius 2 is 1.59 bits per heavy atom. The van der Waals surface area contributed by atoms with Crippen molar-refractivity contribution < 1.29 is 13.3 Å². The number of piperidine rings is 1. The zero-order valence-electron chi connectivity index (χ0n) is 15.2. The molecular weight excluding hydrogens is 366 g/mol. The number of sulfonamides is 1. The molecular formula is C19H23N3O4S. The van der Waals surface area contributed by atoms with Crippen LogP contribution in [-0.4, -0.2) is 37.8 Å². The van der Waals surface area contributed by atoms with Crippen LogP contribution in [0, 0.1) is 10.1 Å². The van der Waals surface area contributed by atoms with Gasteiger partial charge in [0.15, 0.2) is 0 Å². The number of benzene rings is 2. The van der Waals surface area contributed by atoms with Gasteiger partial charge in [-0.15, -0.1) is 0 Å². The molecule has 0 aliphatic carbocycles. The molecule has 0 unspecified atom stereocenters. The number of hydrogen-bond donors (Lipinski definition) is 0. The lowest BCUT2D eigenvalue weighted by molar-refractivity contribution is -0.384. The van der Waals surface area contributed by atoms with Crippen LogP contribution in [0.4, 0.5) is 11.4 Å². The number of hydrogen-bond acceptors (Lipinski definition) is 5. The molecule has 1 saturated heterocycles. The van der Waals surface area contributed by atoms with Crippen LogP contribution in [0.2, 0.25) is 0 Å². The van der Waals surface area contributed by atoms with Gasteiger partial charge in [0, 0.05) is 44.5 Å². The highest BCUT2D eigenvalue weighted by Gasteiger charge is 2.22. The molecule has 1 fully saturated rings. The van der Waals surface area contributed by atoms with Crippen molar-refractivity contribution in [3.05, 3.63) is 64.2 Å². The molecule has 2 aromatic carbocycles. The summed E-state index contributed by atoms with van der Waals surface area (Å²) in [5.74, 6) is 0. The number of anilines is 1. The number of nitro benzene ring substituents is 1. The third-order valence-corrected chi connectivity index (χ3v) is 6.64. The van der Waals surface area contributed by atoms with Gasteiger partial charge in [-0.1, -0.05) is 12.1 Å². The molecule has 0 bridgehead atoms. The Balaban J connectivity index is 1.69. The molecule has 1 aliphatic heterocycles. The normalized spacial score (nSPS) is 15.1. The zero-order valence-corrected chi connectivity index (χ0v) is 16.1. The van der Waals surface area contributed by atoms with Crippen molar-refractivity contribution in [2.75, 3.05) is 25.0 Å². The van der Waals surface area contributed by atoms with Gasteiger partial charge < -0.3 is 4.90 Å². The highest BCUT2D eigenvalue weighted by Crippen LogP contribution is 2.23. The molecule has 0 saturated carbocycles. The SMILES string of the molecule is CN(Cc1ccc(N2CCCCC2)cc1)S(=O)(=O)c1ccc([N+](=O)[O-])cc1. The van der Waals surface area contributed by atoms with Crippen LogP contribution < -0.4 is 4.90 Å². The second-order valence-corrected chi connectivity index (χ2v) is 8.77. The van der Waals surface area contributed by atoms with Gasteiger partial charge in [-0.3, -0.25) is 10.1 Å². The van der Waals surface area contributed by atoms with Crippen molar-refractivity contribution in [1.29, 1.82) is 0 Å². The fourth-order valence-corrected chi connectivity index (χ4v) is 4.39. The van der Waals surface area contributed by atoms with Gasteiger partial charge in [-0.2, -0.15) is 4.31 Å². The maximum Gasteiger partial charge on any atom is 0.269 e. The van der Waals surface area contributed by atoms with Crippen molar-refractivity contribution >= 4 is 21.4 Å². The number of nitro groups is 1. The van der Waals surface area contributed by atoms with E-state index in [-0.39, 0.29) is 17.1 Å². The van der Waals surface area contributed by atoms with E-state index in [0.29, 0.717) is 0 Å². The predicted molar refractivity (Wildman–Crippen MR) is 104 cm³/mol. The van der Waals surface area contributed by atoms with Crippen LogP contribution in [0.1, 0.15) is 24.8 Å². The smallest absolute Gasteiger partial charge is 0.269 e. The van der Waals surface area contributed by atoms with E-state index >= 15 is 0 Å². The molecule has 0 amide bonds. The molecule has 0 spiro atoms. The summed E-state index contributed by atoms with van der Waals surface area (Å²) in [7, 11) is -2.20. The van der Waals surface area contributed by atoms with E-state index in [1.54, 1.807) is 0 Å². The van der Waals surface area contributed by atoms with E-state index in [1.807, 2.05) is 24.3 Å². The predicted octanol–water partition coefficient (Wildman–Crippen LogP) is 3.41. The molecule has 2 aromatic rings. The Bertz CT molecular complexity index is 890. The Hall–Kier alpha value is -2.45. The summed E-state index contributed by atoms with van der Waals surface area (Å²) in [6.07, 6.45) is 3.69. The average molecular weight is 389 g/mol. The third-order valence-electron chi connectivity index (χ3n) is 4.82. The van der Waals surface area contributed by atoms with E-state index in [2.05, 4.69) is 4.90 Å². The monoisotopic (exact) mass is 389 g/mol. The van der Waals surface area contributed by atoms with Crippen molar-refractivity contribution in [2.45, 2.75) is 30.7 Å². The molecule has 3 rings (SSSR count). The standard InChI is InChI=1S/C19H23N3O4S/c1-20(27(25,26)19-11-9-18(10-12-19)22(23)24)15-16-5-7-17(8-6-16)21-13-3-2-4-14-21/h5-12H,2-4,13-15H2,1H3. The minimum Gasteiger partial charge on any atom is -0.372 e. The first kappa shape index (κ1) is 19.3. The van der Waals surface area contributed by atoms with Crippen LogP contribution in [0.25, 0.3) is 0 Å². The first-order valence-electron chi connectivity index (χ1n) is 8.92. The van der Waals surface area contributed by atoms with E-state index in [9.17, 15) is 18.5 Å². The first-order valence-corrected chi connectivity index (χ1v) is 10.4. The summed E-state index contributed by atoms with van der Waals surface area (Å²) in [4.78, 5) is 12.6. The van der Waals surface area contributed by atoms with E-state index in [1.165, 1.54) is 60.6 Å². The second kappa shape index (κ2) is 8.06. The summed E-state index contributed by atoms with van der Waals surface area (Å²) in [6.45, 7) is 2.36. The molecule has 144 valence electrons. The Labute approximate surface area is 159 Å². The van der Waals surface area contributed by atoms with Gasteiger partial charge in [-0.05, 0) is 49.1 Å². The minimum absolute atomic E-state index is 0.0422. The molecule has 0 N–H and O–H groups in total. The van der Waals surface area contributed by atoms with Gasteiger partial charge in [0.1, 0.15) is 0 Å². The van der Waals surface area contributed by atoms with Crippen LogP contribution in [0.15, 0.2) is 53.4 Å². The molecule has 0 atom stereocenters. The second-order valence-electron chi connectivity index (χ2n) is 6.73. The minimum atomic E-state index is -3.71. The van der Waals surface area contributed by atoms with Crippen molar-refractivity contribution in [3.8, 4) is 0 Å². The summed E-state index contributed by atoms with van der Waals surface area (Å²) in [5.41, 5.74) is 1.92. The Morgan fingerprint density at radius 3 is 2.15 bits per heavy atom. The van der Waals surface area contributed by atoms with E-state index in [4.69, 9.17) is 0 Å². The lowest BCUT2D eigenvalue weighted by atomic mass is 10.1. The highest BCUT2D eigenvalue weighted by atomic mass is 32.2. The maximum atomic E-state index is 12.7. The largest absolute Gasteiger partial charge is 0.372 e. The Morgan fingerprint density at radius 1 is 1.00 bits per heavy atom. The van der Waals surface area contributed by atoms with Crippen molar-refractivity contribution in [2.24, 2.45) is 0 Å². The molecule has 0 aromatic heterocycles. The summed E-state index contributed by atoms with van der Waals surface area (Å²) in [6, 6.07) is 12.9. The zero-order chi connectivity index (χ0) is 19.4. The molecule has 27 heavy (non-hydrogen) atoms. The molecule has 1 aliphatic rings. The molecule has 0 radical (unpaired) electrons. The van der Waals surface area contributed by atoms with Gasteiger partial charge in [0.25, 0.3) is 5.69 Å². The first-order chi connectivity index (χ1) is 12.9. The number of non-ortho nitro benzene ring substituents is 1. The van der Waals surface area contributed by atoms with E-state index in [0.717, 1.165) is 18.7 Å². The molecule has 8 heteroatoms. The van der Waals surface area contributed by atoms with Crippen molar-refractivity contribution in [3.63, 3.8) is 0 Å². The van der Waals surface area contributed by atoms with Gasteiger partial charge in [-0.25, -0.2) is 8.42 Å². The quantitative estimate of drug-likeness (QED) is 0.558. The van der Waals surface area contributed by atoms with Crippen LogP contribution >= 0.6 is 0 Å². The van der Waals surface area contributed by atoms with Gasteiger partial charge >= 0.3 is 0 Å². The number of rotatable bonds is 6. The van der Waals surface area contributed by atoms with E-state index < -0.39 is 14.9 Å². The van der Waals surface area contributed by atoms with Gasteiger partial charge in [0.05, 0.1) is 9.82 Å². The van der Waals surface area contributed by atoms with Crippen molar-refractivity contribution in [1.82, 2.24) is 4.31 Å². The van der Waals surface area contributed by atoms with Crippen LogP contribution in [0.5, 0.6) is 0 Å². The fourth-order valence-electron chi connectivity index (χ4n) is 3.23. The maximum absolute atomic E-state index is 12.7. The molecule has 7 nitrogen and oxygen atoms in total. The lowest BCUT2D eigenvalue weighted by Crippen LogP contribution is -2.29. The topological polar surface area (TPSA) is 83.8 Å². The van der Waals surface area contributed by atoms with Crippen LogP contribution in [-0.2, 0) is 16.6 Å². The Kier molecular flexibility index (Phi) is 5.76. The fraction of sp³-hybridized carbons (Fsp3) is 0.368.